The summed E-state index contributed by atoms with van der Waals surface area (Å²) in [6, 6.07) is 0.410. The smallest absolute Gasteiger partial charge is 0.112 e. The van der Waals surface area contributed by atoms with E-state index < -0.39 is 0 Å². The van der Waals surface area contributed by atoms with Crippen molar-refractivity contribution in [1.82, 2.24) is 0 Å². The maximum atomic E-state index is 9.42. The largest absolute Gasteiger partial charge is 0.390 e. The highest BCUT2D eigenvalue weighted by molar-refractivity contribution is 4.54. The van der Waals surface area contributed by atoms with Crippen molar-refractivity contribution in [3.8, 4) is 0 Å². The number of quaternary nitrogens is 1. The van der Waals surface area contributed by atoms with Crippen LogP contribution < -0.4 is 0 Å². The van der Waals surface area contributed by atoms with Gasteiger partial charge in [-0.3, -0.25) is 0 Å². The molecular weight excluding hydrogens is 258 g/mol. The second kappa shape index (κ2) is 13.6. The van der Waals surface area contributed by atoms with Gasteiger partial charge in [-0.05, 0) is 19.3 Å². The number of unbranched alkanes of at least 4 members (excludes halogenated alkanes) is 10. The first-order chi connectivity index (χ1) is 10.1. The van der Waals surface area contributed by atoms with E-state index >= 15 is 0 Å². The predicted octanol–water partition coefficient (Wildman–Crippen LogP) is 5.14. The zero-order valence-electron chi connectivity index (χ0n) is 15.4. The van der Waals surface area contributed by atoms with E-state index in [0.29, 0.717) is 12.6 Å². The third kappa shape index (κ3) is 11.2. The van der Waals surface area contributed by atoms with Gasteiger partial charge < -0.3 is 9.59 Å². The molecule has 0 saturated carbocycles. The van der Waals surface area contributed by atoms with Gasteiger partial charge in [-0.15, -0.1) is 0 Å². The molecule has 0 aromatic heterocycles. The zero-order chi connectivity index (χ0) is 16.0. The summed E-state index contributed by atoms with van der Waals surface area (Å²) in [4.78, 5) is 0. The summed E-state index contributed by atoms with van der Waals surface area (Å²) < 4.78 is 0.977. The molecule has 21 heavy (non-hydrogen) atoms. The van der Waals surface area contributed by atoms with E-state index in [1.54, 1.807) is 0 Å². The average molecular weight is 301 g/mol. The van der Waals surface area contributed by atoms with Gasteiger partial charge in [0, 0.05) is 0 Å². The topological polar surface area (TPSA) is 20.2 Å². The van der Waals surface area contributed by atoms with Crippen LogP contribution in [0.25, 0.3) is 0 Å². The van der Waals surface area contributed by atoms with Crippen LogP contribution in [0.3, 0.4) is 0 Å². The lowest BCUT2D eigenvalue weighted by Gasteiger charge is -2.36. The second-order valence-electron chi connectivity index (χ2n) is 7.28. The number of hydrogen-bond donors (Lipinski definition) is 1. The summed E-state index contributed by atoms with van der Waals surface area (Å²) >= 11 is 0. The molecular formula is C19H42NO+. The quantitative estimate of drug-likeness (QED) is 0.328. The Hall–Kier alpha value is -0.0800. The third-order valence-corrected chi connectivity index (χ3v) is 5.01. The van der Waals surface area contributed by atoms with Crippen LogP contribution in [0, 0.1) is 0 Å². The van der Waals surface area contributed by atoms with Crippen molar-refractivity contribution in [1.29, 1.82) is 0 Å². The molecule has 1 N–H and O–H groups in total. The highest BCUT2D eigenvalue weighted by Crippen LogP contribution is 2.15. The maximum Gasteiger partial charge on any atom is 0.112 e. The molecule has 2 heteroatoms. The molecule has 128 valence electrons. The van der Waals surface area contributed by atoms with Gasteiger partial charge in [0.2, 0.25) is 0 Å². The van der Waals surface area contributed by atoms with E-state index in [-0.39, 0.29) is 0 Å². The van der Waals surface area contributed by atoms with E-state index in [1.165, 1.54) is 77.2 Å². The molecule has 0 radical (unpaired) electrons. The Morgan fingerprint density at radius 2 is 1.14 bits per heavy atom. The molecule has 2 nitrogen and oxygen atoms in total. The van der Waals surface area contributed by atoms with E-state index in [4.69, 9.17) is 0 Å². The van der Waals surface area contributed by atoms with Gasteiger partial charge in [-0.1, -0.05) is 71.6 Å². The van der Waals surface area contributed by atoms with E-state index in [0.717, 1.165) is 10.9 Å². The summed E-state index contributed by atoms with van der Waals surface area (Å²) in [6.45, 7) is 5.99. The predicted molar refractivity (Wildman–Crippen MR) is 94.6 cm³/mol. The molecule has 0 saturated heterocycles. The van der Waals surface area contributed by atoms with Crippen LogP contribution in [0.15, 0.2) is 0 Å². The molecule has 0 aliphatic carbocycles. The van der Waals surface area contributed by atoms with Crippen molar-refractivity contribution in [3.05, 3.63) is 0 Å². The maximum absolute atomic E-state index is 9.42. The van der Waals surface area contributed by atoms with Gasteiger partial charge >= 0.3 is 0 Å². The molecule has 0 rings (SSSR count). The minimum Gasteiger partial charge on any atom is -0.390 e. The van der Waals surface area contributed by atoms with Crippen molar-refractivity contribution in [3.63, 3.8) is 0 Å². The minimum atomic E-state index is 0.321. The molecule has 0 aliphatic heterocycles. The molecule has 1 unspecified atom stereocenters. The lowest BCUT2D eigenvalue weighted by atomic mass is 10.1. The van der Waals surface area contributed by atoms with Crippen LogP contribution in [0.5, 0.6) is 0 Å². The van der Waals surface area contributed by atoms with Gasteiger partial charge in [0.25, 0.3) is 0 Å². The summed E-state index contributed by atoms with van der Waals surface area (Å²) in [5, 5.41) is 9.42. The average Bonchev–Trinajstić information content (AvgIpc) is 2.45. The molecule has 0 aliphatic rings. The first-order valence-electron chi connectivity index (χ1n) is 9.52. The van der Waals surface area contributed by atoms with Crippen molar-refractivity contribution < 1.29 is 9.59 Å². The Morgan fingerprint density at radius 1 is 0.714 bits per heavy atom. The number of aliphatic hydroxyl groups is 1. The van der Waals surface area contributed by atoms with Crippen LogP contribution in [-0.4, -0.2) is 42.9 Å². The van der Waals surface area contributed by atoms with Crippen LogP contribution in [0.2, 0.25) is 0 Å². The SMILES string of the molecule is CCCCCCCCCCCCC[N+](C)(C)C(CC)CO. The lowest BCUT2D eigenvalue weighted by Crippen LogP contribution is -2.50. The Balaban J connectivity index is 3.39. The van der Waals surface area contributed by atoms with Crippen molar-refractivity contribution >= 4 is 0 Å². The number of likely N-dealkylation sites (N-methyl/N-ethyl adjacent to an activating group) is 1. The van der Waals surface area contributed by atoms with Crippen LogP contribution >= 0.6 is 0 Å². The molecule has 1 atom stereocenters. The summed E-state index contributed by atoms with van der Waals surface area (Å²) in [7, 11) is 4.53. The highest BCUT2D eigenvalue weighted by atomic mass is 16.3. The normalized spacial score (nSPS) is 13.6. The first kappa shape index (κ1) is 20.9. The lowest BCUT2D eigenvalue weighted by molar-refractivity contribution is -0.915. The van der Waals surface area contributed by atoms with Crippen LogP contribution in [0.1, 0.15) is 90.9 Å². The fourth-order valence-corrected chi connectivity index (χ4v) is 3.21. The minimum absolute atomic E-state index is 0.321. The summed E-state index contributed by atoms with van der Waals surface area (Å²) in [5.41, 5.74) is 0. The van der Waals surface area contributed by atoms with Gasteiger partial charge in [-0.25, -0.2) is 0 Å². The van der Waals surface area contributed by atoms with Crippen LogP contribution in [-0.2, 0) is 0 Å². The van der Waals surface area contributed by atoms with E-state index in [2.05, 4.69) is 27.9 Å². The van der Waals surface area contributed by atoms with Gasteiger partial charge in [-0.2, -0.15) is 0 Å². The molecule has 0 spiro atoms. The molecule has 0 bridgehead atoms. The number of aliphatic hydroxyl groups excluding tert-OH is 1. The molecule has 0 heterocycles. The van der Waals surface area contributed by atoms with Crippen molar-refractivity contribution in [2.45, 2.75) is 96.9 Å². The molecule has 0 amide bonds. The fourth-order valence-electron chi connectivity index (χ4n) is 3.21. The zero-order valence-corrected chi connectivity index (χ0v) is 15.4. The highest BCUT2D eigenvalue weighted by Gasteiger charge is 2.24. The number of rotatable bonds is 15. The van der Waals surface area contributed by atoms with Gasteiger partial charge in [0.05, 0.1) is 27.2 Å². The van der Waals surface area contributed by atoms with Gasteiger partial charge in [0.15, 0.2) is 0 Å². The Kier molecular flexibility index (Phi) is 13.5. The number of nitrogens with zero attached hydrogens (tertiary/aromatic N) is 1. The van der Waals surface area contributed by atoms with Gasteiger partial charge in [0.1, 0.15) is 6.04 Å². The summed E-state index contributed by atoms with van der Waals surface area (Å²) in [5.74, 6) is 0. The monoisotopic (exact) mass is 300 g/mol. The molecule has 0 fully saturated rings. The van der Waals surface area contributed by atoms with E-state index in [9.17, 15) is 5.11 Å². The van der Waals surface area contributed by atoms with Crippen LogP contribution in [0.4, 0.5) is 0 Å². The summed E-state index contributed by atoms with van der Waals surface area (Å²) in [6.07, 6.45) is 16.5. The van der Waals surface area contributed by atoms with Crippen molar-refractivity contribution in [2.75, 3.05) is 27.2 Å². The molecule has 0 aromatic carbocycles. The third-order valence-electron chi connectivity index (χ3n) is 5.01. The Morgan fingerprint density at radius 3 is 1.52 bits per heavy atom. The second-order valence-corrected chi connectivity index (χ2v) is 7.28. The number of hydrogen-bond acceptors (Lipinski definition) is 1. The fraction of sp³-hybridized carbons (Fsp3) is 1.00. The first-order valence-corrected chi connectivity index (χ1v) is 9.52. The Labute approximate surface area is 134 Å². The Bertz CT molecular complexity index is 212. The van der Waals surface area contributed by atoms with E-state index in [1.807, 2.05) is 0 Å². The molecule has 0 aromatic rings. The standard InChI is InChI=1S/C19H42NO/c1-5-7-8-9-10-11-12-13-14-15-16-17-20(3,4)19(6-2)18-21/h19,21H,5-18H2,1-4H3/q+1. The van der Waals surface area contributed by atoms with Crippen molar-refractivity contribution in [2.24, 2.45) is 0 Å².